The molecule has 0 saturated heterocycles. The molecule has 0 aromatic heterocycles. The summed E-state index contributed by atoms with van der Waals surface area (Å²) in [5.74, 6) is 0.0774. The largest absolute Gasteiger partial charge is 0.312 e. The summed E-state index contributed by atoms with van der Waals surface area (Å²) in [5.41, 5.74) is 3.14. The van der Waals surface area contributed by atoms with Crippen LogP contribution >= 0.6 is 11.6 Å². The fourth-order valence-electron chi connectivity index (χ4n) is 3.07. The average molecular weight is 393 g/mol. The molecular weight excluding hydrogens is 372 g/mol. The summed E-state index contributed by atoms with van der Waals surface area (Å²) in [6, 6.07) is 9.95. The monoisotopic (exact) mass is 392 g/mol. The highest BCUT2D eigenvalue weighted by molar-refractivity contribution is 7.92. The topological polar surface area (TPSA) is 66.5 Å². The van der Waals surface area contributed by atoms with Crippen molar-refractivity contribution in [1.82, 2.24) is 0 Å². The number of nitrogens with one attached hydrogen (secondary N) is 1. The van der Waals surface area contributed by atoms with E-state index in [4.69, 9.17) is 11.6 Å². The Hall–Kier alpha value is -2.05. The highest BCUT2D eigenvalue weighted by Gasteiger charge is 2.22. The Morgan fingerprint density at radius 1 is 1.23 bits per heavy atom. The molecule has 26 heavy (non-hydrogen) atoms. The minimum absolute atomic E-state index is 0.0774. The molecule has 0 unspecified atom stereocenters. The predicted molar refractivity (Wildman–Crippen MR) is 104 cm³/mol. The Morgan fingerprint density at radius 3 is 2.69 bits per heavy atom. The van der Waals surface area contributed by atoms with Gasteiger partial charge in [-0.2, -0.15) is 0 Å². The fraction of sp³-hybridized carbons (Fsp3) is 0.316. The molecule has 0 spiro atoms. The van der Waals surface area contributed by atoms with E-state index in [2.05, 4.69) is 4.72 Å². The second-order valence-corrected chi connectivity index (χ2v) is 8.45. The van der Waals surface area contributed by atoms with E-state index in [1.807, 2.05) is 19.9 Å². The third-order valence-corrected chi connectivity index (χ3v) is 6.29. The molecule has 0 bridgehead atoms. The Morgan fingerprint density at radius 2 is 2.00 bits per heavy atom. The lowest BCUT2D eigenvalue weighted by molar-refractivity contribution is -0.118. The molecule has 1 amide bonds. The molecule has 3 rings (SSSR count). The SMILES string of the molecule is CCC(=O)N1CCCc2cc(NS(=O)(=O)c3ccc(C)c(Cl)c3)ccc21. The van der Waals surface area contributed by atoms with Crippen molar-refractivity contribution >= 4 is 38.9 Å². The van der Waals surface area contributed by atoms with Gasteiger partial charge in [-0.05, 0) is 61.2 Å². The maximum Gasteiger partial charge on any atom is 0.261 e. The molecule has 1 aliphatic heterocycles. The normalized spacial score (nSPS) is 14.0. The number of carbonyl (C=O) groups is 1. The molecular formula is C19H21ClN2O3S. The zero-order valence-electron chi connectivity index (χ0n) is 14.8. The first-order chi connectivity index (χ1) is 12.3. The molecule has 1 N–H and O–H groups in total. The molecule has 1 aliphatic rings. The number of halogens is 1. The molecule has 0 aliphatic carbocycles. The number of nitrogens with zero attached hydrogens (tertiary/aromatic N) is 1. The van der Waals surface area contributed by atoms with Crippen molar-refractivity contribution in [3.63, 3.8) is 0 Å². The van der Waals surface area contributed by atoms with Crippen LogP contribution in [0.3, 0.4) is 0 Å². The molecule has 2 aromatic rings. The van der Waals surface area contributed by atoms with Crippen molar-refractivity contribution in [3.8, 4) is 0 Å². The summed E-state index contributed by atoms with van der Waals surface area (Å²) in [4.78, 5) is 14.0. The van der Waals surface area contributed by atoms with Crippen molar-refractivity contribution in [2.45, 2.75) is 38.0 Å². The van der Waals surface area contributed by atoms with Gasteiger partial charge in [-0.15, -0.1) is 0 Å². The second-order valence-electron chi connectivity index (χ2n) is 6.36. The zero-order valence-corrected chi connectivity index (χ0v) is 16.3. The van der Waals surface area contributed by atoms with Crippen molar-refractivity contribution in [1.29, 1.82) is 0 Å². The summed E-state index contributed by atoms with van der Waals surface area (Å²) in [7, 11) is -3.73. The van der Waals surface area contributed by atoms with E-state index in [9.17, 15) is 13.2 Å². The Kier molecular flexibility index (Phi) is 5.25. The number of benzene rings is 2. The number of aryl methyl sites for hydroxylation is 2. The van der Waals surface area contributed by atoms with Crippen LogP contribution in [-0.4, -0.2) is 20.9 Å². The molecule has 5 nitrogen and oxygen atoms in total. The number of amides is 1. The van der Waals surface area contributed by atoms with Gasteiger partial charge in [0.25, 0.3) is 10.0 Å². The number of carbonyl (C=O) groups excluding carboxylic acids is 1. The standard InChI is InChI=1S/C19H21ClN2O3S/c1-3-19(23)22-10-4-5-14-11-15(7-9-18(14)22)21-26(24,25)16-8-6-13(2)17(20)12-16/h6-9,11-12,21H,3-5,10H2,1-2H3. The zero-order chi connectivity index (χ0) is 18.9. The first-order valence-electron chi connectivity index (χ1n) is 8.54. The van der Waals surface area contributed by atoms with Gasteiger partial charge < -0.3 is 4.90 Å². The smallest absolute Gasteiger partial charge is 0.261 e. The predicted octanol–water partition coefficient (Wildman–Crippen LogP) is 4.14. The van der Waals surface area contributed by atoms with Gasteiger partial charge in [-0.25, -0.2) is 8.42 Å². The summed E-state index contributed by atoms with van der Waals surface area (Å²) >= 11 is 6.05. The van der Waals surface area contributed by atoms with Crippen LogP contribution in [0.5, 0.6) is 0 Å². The van der Waals surface area contributed by atoms with Crippen molar-refractivity contribution in [3.05, 3.63) is 52.5 Å². The van der Waals surface area contributed by atoms with Crippen molar-refractivity contribution in [2.75, 3.05) is 16.2 Å². The molecule has 2 aromatic carbocycles. The van der Waals surface area contributed by atoms with Crippen LogP contribution in [0, 0.1) is 6.92 Å². The van der Waals surface area contributed by atoms with Crippen molar-refractivity contribution < 1.29 is 13.2 Å². The van der Waals surface area contributed by atoms with E-state index in [-0.39, 0.29) is 10.8 Å². The van der Waals surface area contributed by atoms with E-state index in [0.717, 1.165) is 29.7 Å². The minimum Gasteiger partial charge on any atom is -0.312 e. The number of anilines is 2. The van der Waals surface area contributed by atoms with Crippen LogP contribution in [-0.2, 0) is 21.2 Å². The van der Waals surface area contributed by atoms with Gasteiger partial charge in [0, 0.05) is 29.4 Å². The van der Waals surface area contributed by atoms with Crippen LogP contribution in [0.1, 0.15) is 30.9 Å². The molecule has 1 heterocycles. The van der Waals surface area contributed by atoms with E-state index in [1.165, 1.54) is 12.1 Å². The molecule has 138 valence electrons. The lowest BCUT2D eigenvalue weighted by atomic mass is 10.0. The van der Waals surface area contributed by atoms with Crippen LogP contribution in [0.2, 0.25) is 5.02 Å². The molecule has 0 saturated carbocycles. The summed E-state index contributed by atoms with van der Waals surface area (Å²) < 4.78 is 27.8. The highest BCUT2D eigenvalue weighted by Crippen LogP contribution is 2.31. The second kappa shape index (κ2) is 7.29. The quantitative estimate of drug-likeness (QED) is 0.850. The molecule has 0 atom stereocenters. The molecule has 7 heteroatoms. The van der Waals surface area contributed by atoms with E-state index in [0.29, 0.717) is 23.7 Å². The Labute approximate surface area is 159 Å². The van der Waals surface area contributed by atoms with Gasteiger partial charge in [-0.3, -0.25) is 9.52 Å². The van der Waals surface area contributed by atoms with Gasteiger partial charge >= 0.3 is 0 Å². The number of fused-ring (bicyclic) bond motifs is 1. The van der Waals surface area contributed by atoms with Crippen LogP contribution in [0.4, 0.5) is 11.4 Å². The summed E-state index contributed by atoms with van der Waals surface area (Å²) in [6.07, 6.45) is 2.12. The molecule has 0 radical (unpaired) electrons. The lowest BCUT2D eigenvalue weighted by Gasteiger charge is -2.29. The van der Waals surface area contributed by atoms with E-state index >= 15 is 0 Å². The number of hydrogen-bond donors (Lipinski definition) is 1. The van der Waals surface area contributed by atoms with Crippen LogP contribution in [0.25, 0.3) is 0 Å². The number of hydrogen-bond acceptors (Lipinski definition) is 3. The first kappa shape index (κ1) is 18.7. The maximum absolute atomic E-state index is 12.6. The summed E-state index contributed by atoms with van der Waals surface area (Å²) in [6.45, 7) is 4.36. The third-order valence-electron chi connectivity index (χ3n) is 4.51. The third kappa shape index (κ3) is 3.71. The number of sulfonamides is 1. The van der Waals surface area contributed by atoms with Gasteiger partial charge in [0.15, 0.2) is 0 Å². The highest BCUT2D eigenvalue weighted by atomic mass is 35.5. The van der Waals surface area contributed by atoms with Gasteiger partial charge in [0.2, 0.25) is 5.91 Å². The minimum atomic E-state index is -3.73. The summed E-state index contributed by atoms with van der Waals surface area (Å²) in [5, 5.41) is 0.409. The van der Waals surface area contributed by atoms with Gasteiger partial charge in [-0.1, -0.05) is 24.6 Å². The lowest BCUT2D eigenvalue weighted by Crippen LogP contribution is -2.34. The Bertz CT molecular complexity index is 957. The van der Waals surface area contributed by atoms with E-state index in [1.54, 1.807) is 23.1 Å². The van der Waals surface area contributed by atoms with Crippen LogP contribution in [0.15, 0.2) is 41.3 Å². The molecule has 0 fully saturated rings. The average Bonchev–Trinajstić information content (AvgIpc) is 2.62. The van der Waals surface area contributed by atoms with Gasteiger partial charge in [0.05, 0.1) is 4.90 Å². The van der Waals surface area contributed by atoms with Crippen molar-refractivity contribution in [2.24, 2.45) is 0 Å². The Balaban J connectivity index is 1.89. The van der Waals surface area contributed by atoms with Crippen LogP contribution < -0.4 is 9.62 Å². The van der Waals surface area contributed by atoms with E-state index < -0.39 is 10.0 Å². The fourth-order valence-corrected chi connectivity index (χ4v) is 4.39. The van der Waals surface area contributed by atoms with Gasteiger partial charge in [0.1, 0.15) is 0 Å². The number of rotatable bonds is 4. The maximum atomic E-state index is 12.6. The first-order valence-corrected chi connectivity index (χ1v) is 10.4.